The molecule has 0 aromatic heterocycles. The monoisotopic (exact) mass is 329 g/mol. The van der Waals surface area contributed by atoms with E-state index in [9.17, 15) is 4.79 Å². The van der Waals surface area contributed by atoms with E-state index in [0.717, 1.165) is 30.7 Å². The van der Waals surface area contributed by atoms with Gasteiger partial charge in [0, 0.05) is 11.7 Å². The van der Waals surface area contributed by atoms with Gasteiger partial charge < -0.3 is 10.6 Å². The Labute approximate surface area is 146 Å². The molecule has 0 bridgehead atoms. The number of hydrogen-bond donors (Lipinski definition) is 2. The highest BCUT2D eigenvalue weighted by atomic mass is 16.2. The van der Waals surface area contributed by atoms with Crippen LogP contribution in [0.1, 0.15) is 51.0 Å². The van der Waals surface area contributed by atoms with E-state index in [1.807, 2.05) is 12.1 Å². The first-order chi connectivity index (χ1) is 11.6. The van der Waals surface area contributed by atoms with E-state index in [0.29, 0.717) is 12.5 Å². The smallest absolute Gasteiger partial charge is 0.238 e. The van der Waals surface area contributed by atoms with Gasteiger partial charge in [0.15, 0.2) is 0 Å². The molecule has 4 heteroatoms. The van der Waals surface area contributed by atoms with Gasteiger partial charge in [-0.15, -0.1) is 0 Å². The Hall–Kier alpha value is -1.39. The minimum atomic E-state index is 0.102. The number of likely N-dealkylation sites (tertiary alicyclic amines) is 1. The minimum absolute atomic E-state index is 0.102. The summed E-state index contributed by atoms with van der Waals surface area (Å²) in [6.45, 7) is 8.14. The lowest BCUT2D eigenvalue weighted by Crippen LogP contribution is -2.43. The van der Waals surface area contributed by atoms with Gasteiger partial charge in [0.2, 0.25) is 5.91 Å². The summed E-state index contributed by atoms with van der Waals surface area (Å²) < 4.78 is 0. The van der Waals surface area contributed by atoms with Gasteiger partial charge in [0.1, 0.15) is 0 Å². The van der Waals surface area contributed by atoms with Crippen molar-refractivity contribution in [1.82, 2.24) is 10.2 Å². The maximum Gasteiger partial charge on any atom is 0.238 e. The average Bonchev–Trinajstić information content (AvgIpc) is 3.10. The zero-order chi connectivity index (χ0) is 16.9. The molecule has 24 heavy (non-hydrogen) atoms. The third-order valence-corrected chi connectivity index (χ3v) is 5.53. The van der Waals surface area contributed by atoms with E-state index in [2.05, 4.69) is 41.5 Å². The molecule has 2 aliphatic heterocycles. The summed E-state index contributed by atoms with van der Waals surface area (Å²) in [7, 11) is 0. The Morgan fingerprint density at radius 1 is 1.21 bits per heavy atom. The summed E-state index contributed by atoms with van der Waals surface area (Å²) in [6.07, 6.45) is 5.09. The Morgan fingerprint density at radius 2 is 1.92 bits per heavy atom. The molecule has 0 radical (unpaired) electrons. The summed E-state index contributed by atoms with van der Waals surface area (Å²) >= 11 is 0. The predicted molar refractivity (Wildman–Crippen MR) is 99.3 cm³/mol. The molecule has 0 saturated carbocycles. The largest absolute Gasteiger partial charge is 0.325 e. The summed E-state index contributed by atoms with van der Waals surface area (Å²) in [5, 5.41) is 6.66. The molecule has 1 amide bonds. The molecule has 1 atom stereocenters. The third-order valence-electron chi connectivity index (χ3n) is 5.53. The highest BCUT2D eigenvalue weighted by Gasteiger charge is 2.28. The van der Waals surface area contributed by atoms with E-state index in [1.165, 1.54) is 37.8 Å². The molecule has 1 aromatic carbocycles. The molecule has 2 heterocycles. The molecule has 2 saturated heterocycles. The second-order valence-corrected chi connectivity index (χ2v) is 7.64. The SMILES string of the molecule is CC(C)c1ccc(NC(=O)CN2CCC(C3CCCN3)CC2)cc1. The first kappa shape index (κ1) is 17.4. The lowest BCUT2D eigenvalue weighted by atomic mass is 9.88. The average molecular weight is 329 g/mol. The minimum Gasteiger partial charge on any atom is -0.325 e. The first-order valence-electron chi connectivity index (χ1n) is 9.47. The number of rotatable bonds is 5. The van der Waals surface area contributed by atoms with Crippen molar-refractivity contribution in [2.75, 3.05) is 31.5 Å². The standard InChI is InChI=1S/C20H31N3O/c1-15(2)16-5-7-18(8-6-16)22-20(24)14-23-12-9-17(10-13-23)19-4-3-11-21-19/h5-8,15,17,19,21H,3-4,9-14H2,1-2H3,(H,22,24). The van der Waals surface area contributed by atoms with Crippen LogP contribution in [0, 0.1) is 5.92 Å². The highest BCUT2D eigenvalue weighted by Crippen LogP contribution is 2.25. The van der Waals surface area contributed by atoms with E-state index < -0.39 is 0 Å². The number of benzene rings is 1. The van der Waals surface area contributed by atoms with Crippen molar-refractivity contribution in [1.29, 1.82) is 0 Å². The maximum atomic E-state index is 12.3. The van der Waals surface area contributed by atoms with Crippen LogP contribution < -0.4 is 10.6 Å². The van der Waals surface area contributed by atoms with Crippen molar-refractivity contribution in [3.8, 4) is 0 Å². The van der Waals surface area contributed by atoms with Crippen LogP contribution in [0.2, 0.25) is 0 Å². The van der Waals surface area contributed by atoms with Crippen molar-refractivity contribution in [3.63, 3.8) is 0 Å². The number of nitrogens with one attached hydrogen (secondary N) is 2. The third kappa shape index (κ3) is 4.58. The van der Waals surface area contributed by atoms with E-state index >= 15 is 0 Å². The van der Waals surface area contributed by atoms with Crippen molar-refractivity contribution in [2.45, 2.75) is 51.5 Å². The fourth-order valence-electron chi connectivity index (χ4n) is 3.98. The zero-order valence-corrected chi connectivity index (χ0v) is 15.1. The quantitative estimate of drug-likeness (QED) is 0.872. The van der Waals surface area contributed by atoms with Gasteiger partial charge in [-0.3, -0.25) is 9.69 Å². The van der Waals surface area contributed by atoms with Crippen molar-refractivity contribution >= 4 is 11.6 Å². The van der Waals surface area contributed by atoms with Gasteiger partial charge in [0.25, 0.3) is 0 Å². The van der Waals surface area contributed by atoms with Gasteiger partial charge in [-0.25, -0.2) is 0 Å². The van der Waals surface area contributed by atoms with E-state index in [-0.39, 0.29) is 5.91 Å². The van der Waals surface area contributed by atoms with Gasteiger partial charge in [-0.2, -0.15) is 0 Å². The number of carbonyl (C=O) groups is 1. The highest BCUT2D eigenvalue weighted by molar-refractivity contribution is 5.92. The van der Waals surface area contributed by atoms with Crippen LogP contribution in [-0.4, -0.2) is 43.0 Å². The van der Waals surface area contributed by atoms with Gasteiger partial charge in [-0.1, -0.05) is 26.0 Å². The van der Waals surface area contributed by atoms with Crippen LogP contribution in [0.3, 0.4) is 0 Å². The van der Waals surface area contributed by atoms with Gasteiger partial charge >= 0.3 is 0 Å². The predicted octanol–water partition coefficient (Wildman–Crippen LogP) is 3.21. The second kappa shape index (κ2) is 8.13. The zero-order valence-electron chi connectivity index (χ0n) is 15.1. The summed E-state index contributed by atoms with van der Waals surface area (Å²) in [5.41, 5.74) is 2.20. The number of anilines is 1. The Balaban J connectivity index is 1.42. The van der Waals surface area contributed by atoms with E-state index in [1.54, 1.807) is 0 Å². The molecule has 1 aromatic rings. The van der Waals surface area contributed by atoms with Crippen molar-refractivity contribution in [3.05, 3.63) is 29.8 Å². The fraction of sp³-hybridized carbons (Fsp3) is 0.650. The first-order valence-corrected chi connectivity index (χ1v) is 9.47. The molecule has 2 N–H and O–H groups in total. The molecule has 2 aliphatic rings. The topological polar surface area (TPSA) is 44.4 Å². The molecular weight excluding hydrogens is 298 g/mol. The van der Waals surface area contributed by atoms with Crippen LogP contribution in [0.5, 0.6) is 0 Å². The van der Waals surface area contributed by atoms with Crippen LogP contribution in [-0.2, 0) is 4.79 Å². The number of amides is 1. The maximum absolute atomic E-state index is 12.3. The normalized spacial score (nSPS) is 22.9. The van der Waals surface area contributed by atoms with Crippen molar-refractivity contribution in [2.24, 2.45) is 5.92 Å². The number of carbonyl (C=O) groups excluding carboxylic acids is 1. The van der Waals surface area contributed by atoms with E-state index in [4.69, 9.17) is 0 Å². The lowest BCUT2D eigenvalue weighted by Gasteiger charge is -2.34. The Bertz CT molecular complexity index is 526. The number of piperidine rings is 1. The van der Waals surface area contributed by atoms with Crippen LogP contribution in [0.15, 0.2) is 24.3 Å². The molecule has 2 fully saturated rings. The fourth-order valence-corrected chi connectivity index (χ4v) is 3.98. The summed E-state index contributed by atoms with van der Waals surface area (Å²) in [4.78, 5) is 14.6. The van der Waals surface area contributed by atoms with Crippen molar-refractivity contribution < 1.29 is 4.79 Å². The summed E-state index contributed by atoms with van der Waals surface area (Å²) in [5.74, 6) is 1.42. The molecular formula is C20H31N3O. The lowest BCUT2D eigenvalue weighted by molar-refractivity contribution is -0.117. The number of nitrogens with zero attached hydrogens (tertiary/aromatic N) is 1. The van der Waals surface area contributed by atoms with Gasteiger partial charge in [-0.05, 0) is 74.8 Å². The Kier molecular flexibility index (Phi) is 5.90. The Morgan fingerprint density at radius 3 is 2.50 bits per heavy atom. The van der Waals surface area contributed by atoms with Gasteiger partial charge in [0.05, 0.1) is 6.54 Å². The molecule has 0 aliphatic carbocycles. The molecule has 1 unspecified atom stereocenters. The van der Waals surface area contributed by atoms with Crippen LogP contribution in [0.25, 0.3) is 0 Å². The second-order valence-electron chi connectivity index (χ2n) is 7.64. The number of hydrogen-bond acceptors (Lipinski definition) is 3. The van der Waals surface area contributed by atoms with Crippen LogP contribution in [0.4, 0.5) is 5.69 Å². The van der Waals surface area contributed by atoms with Crippen LogP contribution >= 0.6 is 0 Å². The molecule has 3 rings (SSSR count). The molecule has 132 valence electrons. The molecule has 4 nitrogen and oxygen atoms in total. The summed E-state index contributed by atoms with van der Waals surface area (Å²) in [6, 6.07) is 8.93. The molecule has 0 spiro atoms.